The molecule has 4 aliphatic heterocycles. The fraction of sp³-hybridized carbons (Fsp3) is 0.571. The zero-order chi connectivity index (χ0) is 28.5. The van der Waals surface area contributed by atoms with E-state index in [2.05, 4.69) is 10.6 Å². The van der Waals surface area contributed by atoms with Gasteiger partial charge in [0.25, 0.3) is 11.8 Å². The molecule has 4 rings (SSSR count). The van der Waals surface area contributed by atoms with Gasteiger partial charge in [0.05, 0.1) is 35.4 Å². The smallest absolute Gasteiger partial charge is 0.257 e. The van der Waals surface area contributed by atoms with Gasteiger partial charge in [-0.1, -0.05) is 11.1 Å². The first-order chi connectivity index (χ1) is 17.5. The molecule has 2 saturated heterocycles. The Morgan fingerprint density at radius 2 is 1.08 bits per heavy atom. The van der Waals surface area contributed by atoms with Gasteiger partial charge in [-0.25, -0.2) is 0 Å². The average Bonchev–Trinajstić information content (AvgIpc) is 3.36. The van der Waals surface area contributed by atoms with E-state index < -0.39 is 35.1 Å². The van der Waals surface area contributed by atoms with E-state index in [1.54, 1.807) is 65.2 Å². The van der Waals surface area contributed by atoms with Crippen LogP contribution in [0.3, 0.4) is 0 Å². The molecular weight excluding hydrogens is 488 g/mol. The number of fused-ring (bicyclic) bond motifs is 2. The molecule has 6 atom stereocenters. The minimum Gasteiger partial charge on any atom is -0.391 e. The fourth-order valence-electron chi connectivity index (χ4n) is 6.43. The van der Waals surface area contributed by atoms with Gasteiger partial charge >= 0.3 is 0 Å². The molecule has 4 aliphatic rings. The zero-order valence-corrected chi connectivity index (χ0v) is 23.3. The molecule has 0 saturated carbocycles. The van der Waals surface area contributed by atoms with E-state index >= 15 is 0 Å². The number of nitrogens with one attached hydrogen (secondary N) is 2. The van der Waals surface area contributed by atoms with E-state index in [-0.39, 0.29) is 47.6 Å². The van der Waals surface area contributed by atoms with Crippen LogP contribution in [0.1, 0.15) is 68.2 Å². The molecule has 0 unspecified atom stereocenters. The maximum absolute atomic E-state index is 13.7. The Morgan fingerprint density at radius 1 is 0.763 bits per heavy atom. The summed E-state index contributed by atoms with van der Waals surface area (Å²) in [6.45, 7) is 14.0. The summed E-state index contributed by atoms with van der Waals surface area (Å²) in [5.41, 5.74) is -0.397. The number of ketones is 2. The van der Waals surface area contributed by atoms with Crippen LogP contribution >= 0.6 is 0 Å². The minimum atomic E-state index is -0.936. The van der Waals surface area contributed by atoms with Crippen LogP contribution in [0.2, 0.25) is 0 Å². The summed E-state index contributed by atoms with van der Waals surface area (Å²) < 4.78 is 0. The summed E-state index contributed by atoms with van der Waals surface area (Å²) in [7, 11) is 0. The van der Waals surface area contributed by atoms with E-state index in [0.717, 1.165) is 0 Å². The Labute approximate surface area is 223 Å². The maximum atomic E-state index is 13.7. The molecule has 4 N–H and O–H groups in total. The number of amides is 2. The van der Waals surface area contributed by atoms with Crippen LogP contribution in [-0.2, 0) is 19.2 Å². The van der Waals surface area contributed by atoms with Gasteiger partial charge in [-0.05, 0) is 55.4 Å². The lowest BCUT2D eigenvalue weighted by atomic mass is 9.95. The number of hydrogen-bond donors (Lipinski definition) is 4. The van der Waals surface area contributed by atoms with Crippen LogP contribution < -0.4 is 10.6 Å². The number of nitrogens with zero attached hydrogens (tertiary/aromatic N) is 2. The Balaban J connectivity index is 1.61. The molecular formula is C28H38N4O6. The fourth-order valence-corrected chi connectivity index (χ4v) is 6.43. The molecule has 38 heavy (non-hydrogen) atoms. The van der Waals surface area contributed by atoms with E-state index in [1.165, 1.54) is 12.2 Å². The molecule has 2 fully saturated rings. The third-order valence-corrected chi connectivity index (χ3v) is 8.51. The third-order valence-electron chi connectivity index (χ3n) is 8.51. The van der Waals surface area contributed by atoms with Crippen molar-refractivity contribution in [3.05, 3.63) is 46.1 Å². The molecule has 4 heterocycles. The average molecular weight is 527 g/mol. The van der Waals surface area contributed by atoms with Crippen LogP contribution in [0.4, 0.5) is 0 Å². The predicted octanol–water partition coefficient (Wildman–Crippen LogP) is 1.17. The highest BCUT2D eigenvalue weighted by Gasteiger charge is 2.56. The first-order valence-electron chi connectivity index (χ1n) is 13.0. The standard InChI is InChI=1S/C28H38N4O6/c1-13(2)23(25(37)29-21-9-19(35)27(7)11-17(33)15(5)31(21)27)24(14(3)4)26(38)30-22-10-20(36)28(8)12-18(34)16(6)32(22)28/h9-10,15-18,33-34H,11-12H2,1-8H3,(H,29,37)(H,30,38)/t15-,16-,17-,18-,27-,28-/m0/s1. The van der Waals surface area contributed by atoms with Crippen molar-refractivity contribution in [2.75, 3.05) is 0 Å². The summed E-state index contributed by atoms with van der Waals surface area (Å²) in [4.78, 5) is 56.3. The first kappa shape index (κ1) is 27.8. The molecule has 0 aromatic carbocycles. The molecule has 206 valence electrons. The highest BCUT2D eigenvalue weighted by atomic mass is 16.3. The van der Waals surface area contributed by atoms with Gasteiger partial charge in [0.2, 0.25) is 0 Å². The number of aliphatic hydroxyl groups is 2. The van der Waals surface area contributed by atoms with Crippen LogP contribution in [0, 0.1) is 0 Å². The topological polar surface area (TPSA) is 139 Å². The molecule has 10 nitrogen and oxygen atoms in total. The SMILES string of the molecule is CC(C)=C(C(=O)NC1=CC(=O)[C@]2(C)C[C@H](O)[C@H](C)N12)C(C(=O)NC1=CC(=O)[C@]2(C)C[C@H](O)[C@H](C)N12)=C(C)C. The number of allylic oxidation sites excluding steroid dienone is 2. The van der Waals surface area contributed by atoms with Crippen molar-refractivity contribution in [3.8, 4) is 0 Å². The van der Waals surface area contributed by atoms with Gasteiger partial charge < -0.3 is 30.6 Å². The number of aliphatic hydroxyl groups excluding tert-OH is 2. The lowest BCUT2D eigenvalue weighted by Gasteiger charge is -2.34. The van der Waals surface area contributed by atoms with Crippen molar-refractivity contribution in [2.45, 2.75) is 104 Å². The summed E-state index contributed by atoms with van der Waals surface area (Å²) in [5, 5.41) is 26.4. The van der Waals surface area contributed by atoms with Gasteiger partial charge in [-0.15, -0.1) is 0 Å². The van der Waals surface area contributed by atoms with Crippen molar-refractivity contribution < 1.29 is 29.4 Å². The molecule has 0 aromatic heterocycles. The maximum Gasteiger partial charge on any atom is 0.257 e. The van der Waals surface area contributed by atoms with E-state index in [0.29, 0.717) is 22.8 Å². The van der Waals surface area contributed by atoms with E-state index in [1.807, 2.05) is 0 Å². The monoisotopic (exact) mass is 526 g/mol. The quantitative estimate of drug-likeness (QED) is 0.309. The number of carbonyl (C=O) groups is 4. The molecule has 10 heteroatoms. The Kier molecular flexibility index (Phi) is 6.73. The number of carbonyl (C=O) groups excluding carboxylic acids is 4. The van der Waals surface area contributed by atoms with Gasteiger partial charge in [-0.3, -0.25) is 19.2 Å². The molecule has 0 bridgehead atoms. The Morgan fingerprint density at radius 3 is 1.37 bits per heavy atom. The second kappa shape index (κ2) is 9.20. The van der Waals surface area contributed by atoms with Crippen molar-refractivity contribution in [2.24, 2.45) is 0 Å². The summed E-state index contributed by atoms with van der Waals surface area (Å²) in [6, 6.07) is -0.753. The number of rotatable bonds is 5. The minimum absolute atomic E-state index is 0.152. The highest BCUT2D eigenvalue weighted by Crippen LogP contribution is 2.43. The molecule has 0 aromatic rings. The summed E-state index contributed by atoms with van der Waals surface area (Å²) in [5.74, 6) is -0.924. The second-order valence-electron chi connectivity index (χ2n) is 11.8. The van der Waals surface area contributed by atoms with E-state index in [4.69, 9.17) is 0 Å². The lowest BCUT2D eigenvalue weighted by Crippen LogP contribution is -2.48. The Bertz CT molecular complexity index is 1160. The van der Waals surface area contributed by atoms with Crippen molar-refractivity contribution in [1.82, 2.24) is 20.4 Å². The largest absolute Gasteiger partial charge is 0.391 e. The third kappa shape index (κ3) is 4.01. The van der Waals surface area contributed by atoms with E-state index in [9.17, 15) is 29.4 Å². The lowest BCUT2D eigenvalue weighted by molar-refractivity contribution is -0.122. The van der Waals surface area contributed by atoms with Crippen molar-refractivity contribution >= 4 is 23.4 Å². The van der Waals surface area contributed by atoms with Crippen LogP contribution in [-0.4, -0.2) is 78.8 Å². The van der Waals surface area contributed by atoms with Crippen molar-refractivity contribution in [3.63, 3.8) is 0 Å². The van der Waals surface area contributed by atoms with Crippen LogP contribution in [0.15, 0.2) is 46.1 Å². The number of hydrogen-bond acceptors (Lipinski definition) is 8. The molecule has 0 spiro atoms. The van der Waals surface area contributed by atoms with Gasteiger partial charge in [0, 0.05) is 25.0 Å². The summed E-state index contributed by atoms with van der Waals surface area (Å²) in [6.07, 6.45) is 1.84. The van der Waals surface area contributed by atoms with Crippen LogP contribution in [0.25, 0.3) is 0 Å². The highest BCUT2D eigenvalue weighted by molar-refractivity contribution is 6.13. The van der Waals surface area contributed by atoms with Crippen molar-refractivity contribution in [1.29, 1.82) is 0 Å². The molecule has 2 amide bonds. The predicted molar refractivity (Wildman–Crippen MR) is 140 cm³/mol. The molecule has 0 radical (unpaired) electrons. The van der Waals surface area contributed by atoms with Gasteiger partial charge in [0.15, 0.2) is 11.6 Å². The second-order valence-corrected chi connectivity index (χ2v) is 11.8. The van der Waals surface area contributed by atoms with Crippen LogP contribution in [0.5, 0.6) is 0 Å². The Hall–Kier alpha value is -3.24. The molecule has 0 aliphatic carbocycles. The van der Waals surface area contributed by atoms with Gasteiger partial charge in [-0.2, -0.15) is 0 Å². The van der Waals surface area contributed by atoms with Gasteiger partial charge in [0.1, 0.15) is 22.7 Å². The first-order valence-corrected chi connectivity index (χ1v) is 13.0. The summed E-state index contributed by atoms with van der Waals surface area (Å²) >= 11 is 0. The normalized spacial score (nSPS) is 33.5. The zero-order valence-electron chi connectivity index (χ0n) is 23.3.